The molecule has 0 aliphatic rings. The Kier molecular flexibility index (Phi) is 9.92. The highest BCUT2D eigenvalue weighted by Crippen LogP contribution is 2.64. The van der Waals surface area contributed by atoms with Crippen LogP contribution in [-0.2, 0) is 8.85 Å². The molecule has 1 atom stereocenters. The smallest absolute Gasteiger partial charge is 0.390 e. The molecule has 0 amide bonds. The van der Waals surface area contributed by atoms with Gasteiger partial charge in [-0.25, -0.2) is 4.39 Å². The molecule has 37 heavy (non-hydrogen) atoms. The normalized spacial score (nSPS) is 16.6. The zero-order valence-corrected chi connectivity index (χ0v) is 19.1. The van der Waals surface area contributed by atoms with E-state index in [0.717, 1.165) is 13.8 Å². The molecule has 0 aromatic carbocycles. The van der Waals surface area contributed by atoms with E-state index in [0.29, 0.717) is 5.70 Å². The van der Waals surface area contributed by atoms with Gasteiger partial charge in [0.1, 0.15) is 0 Å². The van der Waals surface area contributed by atoms with Gasteiger partial charge in [-0.3, -0.25) is 0 Å². The fourth-order valence-electron chi connectivity index (χ4n) is 2.61. The summed E-state index contributed by atoms with van der Waals surface area (Å²) in [6.07, 6.45) is -11.1. The van der Waals surface area contributed by atoms with Gasteiger partial charge < -0.3 is 8.85 Å². The molecule has 0 aromatic rings. The molecule has 0 aliphatic heterocycles. The average Bonchev–Trinajstić information content (AvgIpc) is 2.71. The van der Waals surface area contributed by atoms with Crippen LogP contribution in [0.4, 0.5) is 79.0 Å². The molecule has 0 saturated carbocycles. The molecule has 0 aliphatic carbocycles. The molecule has 2 nitrogen and oxygen atoms in total. The van der Waals surface area contributed by atoms with E-state index in [9.17, 15) is 79.0 Å². The molecule has 0 rings (SSSR count). The van der Waals surface area contributed by atoms with Gasteiger partial charge in [0.25, 0.3) is 0 Å². The van der Waals surface area contributed by atoms with Gasteiger partial charge in [0.15, 0.2) is 5.79 Å². The van der Waals surface area contributed by atoms with Gasteiger partial charge in [0, 0.05) is 13.2 Å². The first-order valence-electron chi connectivity index (χ1n) is 9.33. The highest BCUT2D eigenvalue weighted by Gasteiger charge is 2.95. The fourth-order valence-corrected chi connectivity index (χ4v) is 4.99. The van der Waals surface area contributed by atoms with Crippen molar-refractivity contribution in [3.63, 3.8) is 0 Å². The van der Waals surface area contributed by atoms with Gasteiger partial charge in [-0.2, -0.15) is 74.6 Å². The summed E-state index contributed by atoms with van der Waals surface area (Å²) in [5, 5.41) is 0. The van der Waals surface area contributed by atoms with Gasteiger partial charge in [0.05, 0.1) is 6.42 Å². The summed E-state index contributed by atoms with van der Waals surface area (Å²) in [4.78, 5) is 0. The summed E-state index contributed by atoms with van der Waals surface area (Å²) >= 11 is 0. The molecule has 0 radical (unpaired) electrons. The number of alkyl halides is 18. The Labute approximate surface area is 196 Å². The topological polar surface area (TPSA) is 18.5 Å². The van der Waals surface area contributed by atoms with Gasteiger partial charge in [-0.1, -0.05) is 0 Å². The molecule has 0 saturated heterocycles. The van der Waals surface area contributed by atoms with E-state index in [1.54, 1.807) is 0 Å². The first-order chi connectivity index (χ1) is 16.1. The summed E-state index contributed by atoms with van der Waals surface area (Å²) in [5.74, 6) is -61.3. The highest BCUT2D eigenvalue weighted by atomic mass is 28.4. The van der Waals surface area contributed by atoms with Crippen LogP contribution in [-0.4, -0.2) is 75.2 Å². The van der Waals surface area contributed by atoms with Crippen molar-refractivity contribution in [3.8, 4) is 0 Å². The van der Waals surface area contributed by atoms with Crippen molar-refractivity contribution < 1.29 is 87.9 Å². The lowest BCUT2D eigenvalue weighted by Gasteiger charge is -2.43. The summed E-state index contributed by atoms with van der Waals surface area (Å²) in [5.41, 5.74) is 0.319. The van der Waals surface area contributed by atoms with Gasteiger partial charge in [0.2, 0.25) is 0 Å². The Morgan fingerprint density at radius 1 is 0.595 bits per heavy atom. The Morgan fingerprint density at radius 3 is 1.16 bits per heavy atom. The van der Waals surface area contributed by atoms with E-state index < -0.39 is 81.6 Å². The van der Waals surface area contributed by atoms with Crippen LogP contribution in [0.5, 0.6) is 0 Å². The minimum absolute atomic E-state index is 0.319. The number of hydrogen-bond acceptors (Lipinski definition) is 2. The monoisotopic (exact) mass is 610 g/mol. The predicted octanol–water partition coefficient (Wildman–Crippen LogP) is 7.50. The third kappa shape index (κ3) is 5.27. The summed E-state index contributed by atoms with van der Waals surface area (Å²) in [6.45, 7) is 3.76. The molecule has 0 aromatic heterocycles. The quantitative estimate of drug-likeness (QED) is 0.150. The molecule has 1 unspecified atom stereocenters. The van der Waals surface area contributed by atoms with Crippen molar-refractivity contribution in [3.05, 3.63) is 12.3 Å². The van der Waals surface area contributed by atoms with Crippen molar-refractivity contribution in [2.24, 2.45) is 0 Å². The molecule has 0 bridgehead atoms. The maximum Gasteiger partial charge on any atom is 0.460 e. The third-order valence-corrected chi connectivity index (χ3v) is 7.81. The second-order valence-corrected chi connectivity index (χ2v) is 10.2. The minimum atomic E-state index is -8.74. The Balaban J connectivity index is 6.73. The largest absolute Gasteiger partial charge is 0.460 e. The summed E-state index contributed by atoms with van der Waals surface area (Å²) in [6, 6.07) is 0. The molecule has 0 heterocycles. The van der Waals surface area contributed by atoms with E-state index in [1.807, 2.05) is 0 Å². The Hall–Kier alpha value is -1.38. The van der Waals surface area contributed by atoms with Crippen LogP contribution in [0.2, 0.25) is 0 Å². The highest BCUT2D eigenvalue weighted by molar-refractivity contribution is 6.73. The summed E-state index contributed by atoms with van der Waals surface area (Å²) < 4.78 is 250. The van der Waals surface area contributed by atoms with Crippen LogP contribution >= 0.6 is 0 Å². The molecular formula is C16H16F18O2Si. The molecule has 0 N–H and O–H groups in total. The van der Waals surface area contributed by atoms with Crippen LogP contribution in [0.15, 0.2) is 12.3 Å². The van der Waals surface area contributed by atoms with Crippen LogP contribution < -0.4 is 0 Å². The standard InChI is InChI=1S/C16H16F18O2Si/c1-4-35-37(6-3,36-5-2)8(17)7-9(18,19)10(20,21)11(22,23)12(24,25)13(26,27)14(28,29)15(30,31)16(32,33)34/h6,8H,3-5,7H2,1-2H3. The molecule has 222 valence electrons. The maximum absolute atomic E-state index is 14.5. The van der Waals surface area contributed by atoms with E-state index in [-0.39, 0.29) is 0 Å². The predicted molar refractivity (Wildman–Crippen MR) is 89.4 cm³/mol. The molecule has 21 heteroatoms. The van der Waals surface area contributed by atoms with E-state index in [4.69, 9.17) is 0 Å². The van der Waals surface area contributed by atoms with E-state index >= 15 is 0 Å². The lowest BCUT2D eigenvalue weighted by molar-refractivity contribution is -0.462. The lowest BCUT2D eigenvalue weighted by atomic mass is 9.88. The zero-order chi connectivity index (χ0) is 30.3. The number of hydrogen-bond donors (Lipinski definition) is 0. The molecule has 0 fully saturated rings. The van der Waals surface area contributed by atoms with Crippen molar-refractivity contribution in [2.45, 2.75) is 73.7 Å². The van der Waals surface area contributed by atoms with Gasteiger partial charge in [-0.05, 0) is 19.5 Å². The Bertz CT molecular complexity index is 787. The number of halogens is 18. The van der Waals surface area contributed by atoms with Crippen LogP contribution in [0.25, 0.3) is 0 Å². The van der Waals surface area contributed by atoms with E-state index in [1.165, 1.54) is 0 Å². The van der Waals surface area contributed by atoms with Gasteiger partial charge >= 0.3 is 56.2 Å². The van der Waals surface area contributed by atoms with Crippen molar-refractivity contribution in [2.75, 3.05) is 13.2 Å². The first kappa shape index (κ1) is 35.6. The second-order valence-electron chi connectivity index (χ2n) is 7.11. The molecule has 0 spiro atoms. The van der Waals surface area contributed by atoms with Crippen LogP contribution in [0.1, 0.15) is 20.3 Å². The van der Waals surface area contributed by atoms with E-state index in [2.05, 4.69) is 15.4 Å². The average molecular weight is 610 g/mol. The SMILES string of the molecule is C=C[Si](OCC)(OCC)C(F)CC(F)(F)C(F)(F)C(F)(F)C(F)(F)C(F)(F)C(F)(F)C(F)(F)C(F)(F)F. The van der Waals surface area contributed by atoms with Crippen molar-refractivity contribution >= 4 is 8.56 Å². The lowest BCUT2D eigenvalue weighted by Crippen LogP contribution is -2.74. The number of rotatable bonds is 14. The summed E-state index contributed by atoms with van der Waals surface area (Å²) in [7, 11) is -4.92. The second kappa shape index (κ2) is 10.3. The maximum atomic E-state index is 14.5. The fraction of sp³-hybridized carbons (Fsp3) is 0.875. The zero-order valence-electron chi connectivity index (χ0n) is 18.1. The molecular weight excluding hydrogens is 594 g/mol. The van der Waals surface area contributed by atoms with Gasteiger partial charge in [-0.15, -0.1) is 6.58 Å². The van der Waals surface area contributed by atoms with Crippen LogP contribution in [0.3, 0.4) is 0 Å². The van der Waals surface area contributed by atoms with Crippen molar-refractivity contribution in [1.29, 1.82) is 0 Å². The minimum Gasteiger partial charge on any atom is -0.390 e. The van der Waals surface area contributed by atoms with Crippen molar-refractivity contribution in [1.82, 2.24) is 0 Å². The Morgan fingerprint density at radius 2 is 0.892 bits per heavy atom. The van der Waals surface area contributed by atoms with Crippen LogP contribution in [0, 0.1) is 0 Å². The first-order valence-corrected chi connectivity index (χ1v) is 11.3. The third-order valence-electron chi connectivity index (χ3n) is 4.68.